The Morgan fingerprint density at radius 2 is 1.92 bits per heavy atom. The van der Waals surface area contributed by atoms with Gasteiger partial charge in [0, 0.05) is 30.5 Å². The normalized spacial score (nSPS) is 15.3. The van der Waals surface area contributed by atoms with Gasteiger partial charge in [0.25, 0.3) is 5.91 Å². The first-order valence-electron chi connectivity index (χ1n) is 9.37. The predicted molar refractivity (Wildman–Crippen MR) is 102 cm³/mol. The lowest BCUT2D eigenvalue weighted by Crippen LogP contribution is -2.41. The highest BCUT2D eigenvalue weighted by atomic mass is 16.2. The summed E-state index contributed by atoms with van der Waals surface area (Å²) in [5.74, 6) is 0.966. The van der Waals surface area contributed by atoms with Crippen molar-refractivity contribution < 1.29 is 4.79 Å². The van der Waals surface area contributed by atoms with E-state index >= 15 is 0 Å². The predicted octanol–water partition coefficient (Wildman–Crippen LogP) is 4.24. The number of fused-ring (bicyclic) bond motifs is 1. The molecule has 5 nitrogen and oxygen atoms in total. The number of nitrogens with zero attached hydrogens (tertiary/aromatic N) is 3. The number of benzene rings is 1. The van der Waals surface area contributed by atoms with Crippen molar-refractivity contribution in [2.75, 3.05) is 0 Å². The molecule has 26 heavy (non-hydrogen) atoms. The maximum absolute atomic E-state index is 13.4. The van der Waals surface area contributed by atoms with Crippen molar-refractivity contribution in [2.45, 2.75) is 51.6 Å². The molecule has 3 aromatic rings. The van der Waals surface area contributed by atoms with Crippen LogP contribution in [0, 0.1) is 6.92 Å². The second-order valence-corrected chi connectivity index (χ2v) is 7.13. The summed E-state index contributed by atoms with van der Waals surface area (Å²) in [5, 5.41) is 0. The third kappa shape index (κ3) is 3.47. The van der Waals surface area contributed by atoms with Gasteiger partial charge in [0.05, 0.1) is 11.0 Å². The number of nitrogens with one attached hydrogen (secondary N) is 1. The summed E-state index contributed by atoms with van der Waals surface area (Å²) < 4.78 is 0. The Bertz CT molecular complexity index is 897. The highest BCUT2D eigenvalue weighted by Crippen LogP contribution is 2.26. The minimum atomic E-state index is 0.0999. The number of aryl methyl sites for hydroxylation is 1. The van der Waals surface area contributed by atoms with Crippen LogP contribution in [0.25, 0.3) is 11.0 Å². The van der Waals surface area contributed by atoms with Gasteiger partial charge in [-0.15, -0.1) is 0 Å². The van der Waals surface area contributed by atoms with Gasteiger partial charge in [-0.1, -0.05) is 19.3 Å². The van der Waals surface area contributed by atoms with Crippen LogP contribution in [0.2, 0.25) is 0 Å². The van der Waals surface area contributed by atoms with E-state index in [0.717, 1.165) is 40.8 Å². The minimum absolute atomic E-state index is 0.0999. The lowest BCUT2D eigenvalue weighted by atomic mass is 9.93. The van der Waals surface area contributed by atoms with Crippen molar-refractivity contribution in [2.24, 2.45) is 0 Å². The van der Waals surface area contributed by atoms with Gasteiger partial charge in [0.2, 0.25) is 0 Å². The lowest BCUT2D eigenvalue weighted by molar-refractivity contribution is 0.0614. The summed E-state index contributed by atoms with van der Waals surface area (Å²) in [6, 6.07) is 10.0. The second kappa shape index (κ2) is 7.28. The van der Waals surface area contributed by atoms with Crippen molar-refractivity contribution in [3.63, 3.8) is 0 Å². The third-order valence-electron chi connectivity index (χ3n) is 5.23. The van der Waals surface area contributed by atoms with E-state index in [4.69, 9.17) is 0 Å². The van der Waals surface area contributed by atoms with E-state index in [-0.39, 0.29) is 5.91 Å². The van der Waals surface area contributed by atoms with Crippen LogP contribution in [0.15, 0.2) is 42.7 Å². The highest BCUT2D eigenvalue weighted by molar-refractivity contribution is 5.97. The van der Waals surface area contributed by atoms with Crippen LogP contribution < -0.4 is 0 Å². The van der Waals surface area contributed by atoms with Gasteiger partial charge in [-0.05, 0) is 55.7 Å². The molecular formula is C21H24N4O. The van der Waals surface area contributed by atoms with E-state index < -0.39 is 0 Å². The maximum Gasteiger partial charge on any atom is 0.254 e. The van der Waals surface area contributed by atoms with Crippen LogP contribution in [-0.2, 0) is 6.54 Å². The minimum Gasteiger partial charge on any atom is -0.342 e. The average Bonchev–Trinajstić information content (AvgIpc) is 3.06. The van der Waals surface area contributed by atoms with Gasteiger partial charge < -0.3 is 9.88 Å². The average molecular weight is 348 g/mol. The van der Waals surface area contributed by atoms with E-state index in [0.29, 0.717) is 12.6 Å². The largest absolute Gasteiger partial charge is 0.342 e. The molecule has 0 atom stereocenters. The van der Waals surface area contributed by atoms with Crippen LogP contribution in [0.3, 0.4) is 0 Å². The fourth-order valence-electron chi connectivity index (χ4n) is 3.88. The van der Waals surface area contributed by atoms with Crippen LogP contribution in [0.4, 0.5) is 0 Å². The fourth-order valence-corrected chi connectivity index (χ4v) is 3.88. The number of carbonyl (C=O) groups excluding carboxylic acids is 1. The number of rotatable bonds is 4. The van der Waals surface area contributed by atoms with Crippen molar-refractivity contribution >= 4 is 16.9 Å². The number of amides is 1. The number of hydrogen-bond acceptors (Lipinski definition) is 3. The summed E-state index contributed by atoms with van der Waals surface area (Å²) in [7, 11) is 0. The van der Waals surface area contributed by atoms with Gasteiger partial charge in [0.1, 0.15) is 5.82 Å². The molecule has 0 unspecified atom stereocenters. The van der Waals surface area contributed by atoms with Gasteiger partial charge in [-0.2, -0.15) is 0 Å². The first-order chi connectivity index (χ1) is 12.7. The number of H-pyrrole nitrogens is 1. The molecule has 1 saturated carbocycles. The van der Waals surface area contributed by atoms with Crippen LogP contribution >= 0.6 is 0 Å². The molecule has 0 bridgehead atoms. The molecular weight excluding hydrogens is 324 g/mol. The van der Waals surface area contributed by atoms with Crippen LogP contribution in [0.1, 0.15) is 53.8 Å². The molecule has 2 heterocycles. The zero-order chi connectivity index (χ0) is 17.9. The van der Waals surface area contributed by atoms with E-state index in [1.165, 1.54) is 19.3 Å². The summed E-state index contributed by atoms with van der Waals surface area (Å²) in [5.41, 5.74) is 3.66. The monoisotopic (exact) mass is 348 g/mol. The zero-order valence-electron chi connectivity index (χ0n) is 15.1. The van der Waals surface area contributed by atoms with Crippen LogP contribution in [-0.4, -0.2) is 31.8 Å². The maximum atomic E-state index is 13.4. The molecule has 1 aliphatic rings. The number of pyridine rings is 1. The summed E-state index contributed by atoms with van der Waals surface area (Å²) in [6.45, 7) is 2.56. The van der Waals surface area contributed by atoms with E-state index in [9.17, 15) is 4.79 Å². The molecule has 0 radical (unpaired) electrons. The summed E-state index contributed by atoms with van der Waals surface area (Å²) >= 11 is 0. The Hall–Kier alpha value is -2.69. The second-order valence-electron chi connectivity index (χ2n) is 7.13. The summed E-state index contributed by atoms with van der Waals surface area (Å²) in [4.78, 5) is 27.2. The van der Waals surface area contributed by atoms with Crippen molar-refractivity contribution in [1.29, 1.82) is 0 Å². The van der Waals surface area contributed by atoms with Gasteiger partial charge in [0.15, 0.2) is 0 Å². The lowest BCUT2D eigenvalue weighted by Gasteiger charge is -2.34. The van der Waals surface area contributed by atoms with Gasteiger partial charge in [-0.25, -0.2) is 4.98 Å². The number of hydrogen-bond donors (Lipinski definition) is 1. The van der Waals surface area contributed by atoms with Gasteiger partial charge in [-0.3, -0.25) is 9.78 Å². The Kier molecular flexibility index (Phi) is 4.69. The Balaban J connectivity index is 1.65. The summed E-state index contributed by atoms with van der Waals surface area (Å²) in [6.07, 6.45) is 9.42. The smallest absolute Gasteiger partial charge is 0.254 e. The fraction of sp³-hybridized carbons (Fsp3) is 0.381. The SMILES string of the molecule is Cc1nc2ccc(C(=O)N(Cc3ccncc3)C3CCCCC3)cc2[nH]1. The highest BCUT2D eigenvalue weighted by Gasteiger charge is 2.26. The number of aromatic nitrogens is 3. The Morgan fingerprint density at radius 3 is 2.69 bits per heavy atom. The zero-order valence-corrected chi connectivity index (χ0v) is 15.1. The molecule has 4 rings (SSSR count). The molecule has 1 fully saturated rings. The Morgan fingerprint density at radius 1 is 1.15 bits per heavy atom. The van der Waals surface area contributed by atoms with E-state index in [1.807, 2.05) is 37.3 Å². The molecule has 0 aliphatic heterocycles. The van der Waals surface area contributed by atoms with E-state index in [1.54, 1.807) is 12.4 Å². The van der Waals surface area contributed by atoms with E-state index in [2.05, 4.69) is 19.9 Å². The molecule has 1 amide bonds. The standard InChI is InChI=1S/C21H24N4O/c1-15-23-19-8-7-17(13-20(19)24-15)21(26)25(18-5-3-2-4-6-18)14-16-9-11-22-12-10-16/h7-13,18H,2-6,14H2,1H3,(H,23,24). The molecule has 0 spiro atoms. The van der Waals surface area contributed by atoms with Gasteiger partial charge >= 0.3 is 0 Å². The molecule has 1 aliphatic carbocycles. The topological polar surface area (TPSA) is 61.9 Å². The molecule has 1 aromatic carbocycles. The van der Waals surface area contributed by atoms with Crippen molar-refractivity contribution in [1.82, 2.24) is 19.9 Å². The quantitative estimate of drug-likeness (QED) is 0.767. The first kappa shape index (κ1) is 16.8. The Labute approximate surface area is 153 Å². The molecule has 1 N–H and O–H groups in total. The molecule has 134 valence electrons. The molecule has 0 saturated heterocycles. The first-order valence-corrected chi connectivity index (χ1v) is 9.37. The number of aromatic amines is 1. The van der Waals surface area contributed by atoms with Crippen LogP contribution in [0.5, 0.6) is 0 Å². The molecule has 2 aromatic heterocycles. The molecule has 5 heteroatoms. The number of imidazole rings is 1. The third-order valence-corrected chi connectivity index (χ3v) is 5.23. The van der Waals surface area contributed by atoms with Crippen molar-refractivity contribution in [3.05, 3.63) is 59.7 Å². The number of carbonyl (C=O) groups is 1. The van der Waals surface area contributed by atoms with Crippen molar-refractivity contribution in [3.8, 4) is 0 Å².